The second-order valence-corrected chi connectivity index (χ2v) is 4.97. The van der Waals surface area contributed by atoms with Crippen molar-refractivity contribution in [2.75, 3.05) is 0 Å². The Bertz CT molecular complexity index is 609. The van der Waals surface area contributed by atoms with Crippen molar-refractivity contribution in [3.8, 4) is 0 Å². The van der Waals surface area contributed by atoms with Crippen LogP contribution < -0.4 is 5.69 Å². The molecule has 8 heteroatoms. The van der Waals surface area contributed by atoms with Gasteiger partial charge in [0.2, 0.25) is 0 Å². The first-order valence-electron chi connectivity index (χ1n) is 5.43. The van der Waals surface area contributed by atoms with Crippen molar-refractivity contribution in [2.45, 2.75) is 37.0 Å². The van der Waals surface area contributed by atoms with Crippen molar-refractivity contribution in [2.24, 2.45) is 0 Å². The number of nitrogens with zero attached hydrogens (tertiary/aromatic N) is 4. The average Bonchev–Trinajstić information content (AvgIpc) is 2.68. The minimum Gasteiger partial charge on any atom is -0.270 e. The fourth-order valence-electron chi connectivity index (χ4n) is 1.41. The zero-order valence-electron chi connectivity index (χ0n) is 9.97. The number of halogens is 1. The Kier molecular flexibility index (Phi) is 4.03. The lowest BCUT2D eigenvalue weighted by molar-refractivity contribution is 0.603. The maximum absolute atomic E-state index is 11.5. The van der Waals surface area contributed by atoms with Gasteiger partial charge in [-0.3, -0.25) is 4.57 Å². The Morgan fingerprint density at radius 3 is 3.00 bits per heavy atom. The van der Waals surface area contributed by atoms with E-state index in [9.17, 15) is 4.79 Å². The number of nitrogens with one attached hydrogen (secondary N) is 1. The summed E-state index contributed by atoms with van der Waals surface area (Å²) in [4.78, 5) is 19.6. The third-order valence-corrected chi connectivity index (χ3v) is 3.81. The summed E-state index contributed by atoms with van der Waals surface area (Å²) in [5.74, 6) is 0. The van der Waals surface area contributed by atoms with E-state index in [0.717, 1.165) is 12.0 Å². The third-order valence-electron chi connectivity index (χ3n) is 2.33. The molecule has 0 aliphatic carbocycles. The molecule has 0 atom stereocenters. The molecule has 0 unspecified atom stereocenters. The molecular formula is C10H12ClN5OS. The smallest absolute Gasteiger partial charge is 0.270 e. The highest BCUT2D eigenvalue weighted by molar-refractivity contribution is 7.99. The second-order valence-electron chi connectivity index (χ2n) is 3.66. The van der Waals surface area contributed by atoms with Crippen molar-refractivity contribution in [3.63, 3.8) is 0 Å². The Balaban J connectivity index is 2.34. The first-order chi connectivity index (χ1) is 8.63. The molecule has 0 saturated carbocycles. The minimum atomic E-state index is -0.211. The van der Waals surface area contributed by atoms with Crippen molar-refractivity contribution in [3.05, 3.63) is 27.5 Å². The largest absolute Gasteiger partial charge is 0.343 e. The molecule has 0 aliphatic heterocycles. The molecule has 2 aromatic rings. The third kappa shape index (κ3) is 2.56. The lowest BCUT2D eigenvalue weighted by Gasteiger charge is -2.05. The Hall–Kier alpha value is -1.34. The van der Waals surface area contributed by atoms with E-state index in [1.54, 1.807) is 4.57 Å². The van der Waals surface area contributed by atoms with Crippen molar-refractivity contribution < 1.29 is 0 Å². The summed E-state index contributed by atoms with van der Waals surface area (Å²) in [5.41, 5.74) is 0.569. The Labute approximate surface area is 113 Å². The maximum atomic E-state index is 11.5. The topological polar surface area (TPSA) is 76.5 Å². The van der Waals surface area contributed by atoms with Crippen LogP contribution in [0.5, 0.6) is 0 Å². The summed E-state index contributed by atoms with van der Waals surface area (Å²) in [6, 6.07) is 0. The summed E-state index contributed by atoms with van der Waals surface area (Å²) in [7, 11) is 0. The molecule has 18 heavy (non-hydrogen) atoms. The lowest BCUT2D eigenvalue weighted by Crippen LogP contribution is -2.17. The second kappa shape index (κ2) is 5.53. The van der Waals surface area contributed by atoms with Gasteiger partial charge in [-0.15, -0.1) is 5.10 Å². The van der Waals surface area contributed by atoms with Crippen LogP contribution in [0.3, 0.4) is 0 Å². The van der Waals surface area contributed by atoms with Crippen molar-refractivity contribution in [1.29, 1.82) is 0 Å². The first-order valence-corrected chi connectivity index (χ1v) is 6.63. The summed E-state index contributed by atoms with van der Waals surface area (Å²) in [6.07, 6.45) is 2.25. The molecule has 0 aliphatic rings. The van der Waals surface area contributed by atoms with Crippen LogP contribution in [-0.4, -0.2) is 24.7 Å². The van der Waals surface area contributed by atoms with E-state index < -0.39 is 0 Å². The van der Waals surface area contributed by atoms with Crippen LogP contribution in [0.15, 0.2) is 21.3 Å². The van der Waals surface area contributed by atoms with Gasteiger partial charge in [0.1, 0.15) is 16.5 Å². The monoisotopic (exact) mass is 285 g/mol. The molecule has 2 rings (SSSR count). The van der Waals surface area contributed by atoms with Crippen molar-refractivity contribution in [1.82, 2.24) is 24.7 Å². The summed E-state index contributed by atoms with van der Waals surface area (Å²) >= 11 is 7.23. The van der Waals surface area contributed by atoms with Gasteiger partial charge >= 0.3 is 5.69 Å². The van der Waals surface area contributed by atoms with Crippen LogP contribution in [0.1, 0.15) is 18.9 Å². The first kappa shape index (κ1) is 13.1. The molecule has 0 bridgehead atoms. The van der Waals surface area contributed by atoms with Crippen LogP contribution in [0, 0.1) is 6.92 Å². The summed E-state index contributed by atoms with van der Waals surface area (Å²) in [6.45, 7) is 4.45. The number of aromatic nitrogens is 5. The molecule has 0 amide bonds. The zero-order valence-corrected chi connectivity index (χ0v) is 11.5. The molecular weight excluding hydrogens is 274 g/mol. The molecule has 6 nitrogen and oxygen atoms in total. The number of aromatic amines is 1. The number of H-pyrrole nitrogens is 1. The highest BCUT2D eigenvalue weighted by Gasteiger charge is 2.13. The molecule has 0 spiro atoms. The standard InChI is InChI=1S/C10H12ClN5OS/c1-3-4-16-9(17)14-15-10(16)18-8-6(2)7(11)12-5-13-8/h5H,3-4H2,1-2H3,(H,14,17). The quantitative estimate of drug-likeness (QED) is 0.868. The highest BCUT2D eigenvalue weighted by Crippen LogP contribution is 2.28. The summed E-state index contributed by atoms with van der Waals surface area (Å²) in [5, 5.41) is 8.11. The van der Waals surface area contributed by atoms with E-state index in [1.807, 2.05) is 13.8 Å². The predicted octanol–water partition coefficient (Wildman–Crippen LogP) is 1.88. The molecule has 0 aromatic carbocycles. The lowest BCUT2D eigenvalue weighted by atomic mass is 10.4. The van der Waals surface area contributed by atoms with Crippen LogP contribution in [0.4, 0.5) is 0 Å². The molecule has 2 heterocycles. The molecule has 96 valence electrons. The number of rotatable bonds is 4. The Morgan fingerprint density at radius 1 is 1.50 bits per heavy atom. The van der Waals surface area contributed by atoms with Gasteiger partial charge in [0.05, 0.1) is 0 Å². The zero-order chi connectivity index (χ0) is 13.1. The van der Waals surface area contributed by atoms with E-state index in [0.29, 0.717) is 21.9 Å². The Morgan fingerprint density at radius 2 is 2.28 bits per heavy atom. The van der Waals surface area contributed by atoms with Gasteiger partial charge in [-0.25, -0.2) is 19.9 Å². The van der Waals surface area contributed by atoms with E-state index in [1.165, 1.54) is 18.1 Å². The molecule has 2 aromatic heterocycles. The van der Waals surface area contributed by atoms with Gasteiger partial charge in [0.15, 0.2) is 5.16 Å². The number of hydrogen-bond donors (Lipinski definition) is 1. The molecule has 0 fully saturated rings. The molecule has 0 saturated heterocycles. The minimum absolute atomic E-state index is 0.211. The van der Waals surface area contributed by atoms with Gasteiger partial charge in [-0.05, 0) is 25.1 Å². The highest BCUT2D eigenvalue weighted by atomic mass is 35.5. The van der Waals surface area contributed by atoms with E-state index in [2.05, 4.69) is 20.2 Å². The number of hydrogen-bond acceptors (Lipinski definition) is 5. The normalized spacial score (nSPS) is 10.8. The van der Waals surface area contributed by atoms with Crippen LogP contribution in [0.25, 0.3) is 0 Å². The SMILES string of the molecule is CCCn1c(Sc2ncnc(Cl)c2C)n[nH]c1=O. The van der Waals surface area contributed by atoms with Crippen molar-refractivity contribution >= 4 is 23.4 Å². The van der Waals surface area contributed by atoms with Gasteiger partial charge in [0, 0.05) is 12.1 Å². The van der Waals surface area contributed by atoms with Gasteiger partial charge in [-0.2, -0.15) is 0 Å². The maximum Gasteiger partial charge on any atom is 0.343 e. The molecule has 0 radical (unpaired) electrons. The van der Waals surface area contributed by atoms with E-state index in [-0.39, 0.29) is 5.69 Å². The average molecular weight is 286 g/mol. The van der Waals surface area contributed by atoms with E-state index in [4.69, 9.17) is 11.6 Å². The molecule has 1 N–H and O–H groups in total. The van der Waals surface area contributed by atoms with Gasteiger partial charge < -0.3 is 0 Å². The fraction of sp³-hybridized carbons (Fsp3) is 0.400. The predicted molar refractivity (Wildman–Crippen MR) is 69.0 cm³/mol. The van der Waals surface area contributed by atoms with Crippen LogP contribution in [-0.2, 0) is 6.54 Å². The van der Waals surface area contributed by atoms with Crippen LogP contribution >= 0.6 is 23.4 Å². The van der Waals surface area contributed by atoms with Gasteiger partial charge in [0.25, 0.3) is 0 Å². The summed E-state index contributed by atoms with van der Waals surface area (Å²) < 4.78 is 1.58. The van der Waals surface area contributed by atoms with Crippen LogP contribution in [0.2, 0.25) is 5.15 Å². The van der Waals surface area contributed by atoms with Gasteiger partial charge in [-0.1, -0.05) is 18.5 Å². The van der Waals surface area contributed by atoms with E-state index >= 15 is 0 Å². The fourth-order valence-corrected chi connectivity index (χ4v) is 2.49.